The molecule has 19 heavy (non-hydrogen) atoms. The first-order valence-electron chi connectivity index (χ1n) is 5.73. The third-order valence-electron chi connectivity index (χ3n) is 2.51. The highest BCUT2D eigenvalue weighted by atomic mass is 16.5. The summed E-state index contributed by atoms with van der Waals surface area (Å²) in [5.41, 5.74) is 0.732. The first-order chi connectivity index (χ1) is 9.08. The highest BCUT2D eigenvalue weighted by molar-refractivity contribution is 5.80. The van der Waals surface area contributed by atoms with Crippen LogP contribution < -0.4 is 10.1 Å². The van der Waals surface area contributed by atoms with Crippen LogP contribution in [0.3, 0.4) is 0 Å². The van der Waals surface area contributed by atoms with Crippen LogP contribution in [0, 0.1) is 0 Å². The number of methoxy groups -OCH3 is 2. The topological polar surface area (TPSA) is 84.9 Å². The lowest BCUT2D eigenvalue weighted by atomic mass is 10.1. The molecular weight excluding hydrogens is 250 g/mol. The number of esters is 1. The van der Waals surface area contributed by atoms with Crippen molar-refractivity contribution in [1.82, 2.24) is 5.32 Å². The molecule has 0 saturated heterocycles. The minimum absolute atomic E-state index is 0.109. The van der Waals surface area contributed by atoms with Crippen molar-refractivity contribution in [3.8, 4) is 5.75 Å². The first-order valence-corrected chi connectivity index (χ1v) is 5.73. The van der Waals surface area contributed by atoms with Crippen LogP contribution >= 0.6 is 0 Å². The van der Waals surface area contributed by atoms with Gasteiger partial charge in [0.25, 0.3) is 0 Å². The highest BCUT2D eigenvalue weighted by Gasteiger charge is 2.16. The number of carbonyl (C=O) groups is 2. The van der Waals surface area contributed by atoms with Crippen molar-refractivity contribution < 1.29 is 24.2 Å². The minimum atomic E-state index is -1.35. The molecule has 6 nitrogen and oxygen atoms in total. The van der Waals surface area contributed by atoms with E-state index in [-0.39, 0.29) is 18.9 Å². The fraction of sp³-hybridized carbons (Fsp3) is 0.385. The van der Waals surface area contributed by atoms with Crippen molar-refractivity contribution in [3.05, 3.63) is 29.8 Å². The summed E-state index contributed by atoms with van der Waals surface area (Å²) in [6.07, 6.45) is -1.25. The number of hydrogen-bond acceptors (Lipinski definition) is 5. The zero-order valence-electron chi connectivity index (χ0n) is 10.9. The van der Waals surface area contributed by atoms with E-state index in [2.05, 4.69) is 10.1 Å². The third-order valence-corrected chi connectivity index (χ3v) is 2.51. The van der Waals surface area contributed by atoms with Gasteiger partial charge in [-0.3, -0.25) is 4.79 Å². The Hall–Kier alpha value is -2.08. The van der Waals surface area contributed by atoms with Gasteiger partial charge in [-0.25, -0.2) is 4.79 Å². The summed E-state index contributed by atoms with van der Waals surface area (Å²) >= 11 is 0. The third kappa shape index (κ3) is 4.59. The average molecular weight is 267 g/mol. The average Bonchev–Trinajstić information content (AvgIpc) is 2.44. The molecule has 1 rings (SSSR count). The summed E-state index contributed by atoms with van der Waals surface area (Å²) in [5, 5.41) is 11.8. The number of ether oxygens (including phenoxy) is 2. The summed E-state index contributed by atoms with van der Waals surface area (Å²) in [4.78, 5) is 22.6. The van der Waals surface area contributed by atoms with Crippen molar-refractivity contribution in [2.24, 2.45) is 0 Å². The lowest BCUT2D eigenvalue weighted by Crippen LogP contribution is -2.37. The maximum atomic E-state index is 11.7. The van der Waals surface area contributed by atoms with Crippen LogP contribution in [0.2, 0.25) is 0 Å². The molecule has 0 radical (unpaired) electrons. The molecule has 0 aliphatic heterocycles. The molecule has 1 amide bonds. The van der Waals surface area contributed by atoms with Gasteiger partial charge >= 0.3 is 5.97 Å². The molecule has 0 aliphatic carbocycles. The molecule has 1 atom stereocenters. The fourth-order valence-corrected chi connectivity index (χ4v) is 1.51. The molecular formula is C13H17NO5. The van der Waals surface area contributed by atoms with Crippen LogP contribution in [-0.4, -0.2) is 43.9 Å². The van der Waals surface area contributed by atoms with Gasteiger partial charge in [-0.15, -0.1) is 0 Å². The number of amides is 1. The van der Waals surface area contributed by atoms with Crippen LogP contribution in [0.1, 0.15) is 5.56 Å². The molecule has 6 heteroatoms. The Balaban J connectivity index is 2.49. The van der Waals surface area contributed by atoms with Gasteiger partial charge in [-0.2, -0.15) is 0 Å². The minimum Gasteiger partial charge on any atom is -0.496 e. The van der Waals surface area contributed by atoms with Gasteiger partial charge in [-0.1, -0.05) is 18.2 Å². The van der Waals surface area contributed by atoms with E-state index < -0.39 is 12.1 Å². The van der Waals surface area contributed by atoms with Crippen LogP contribution in [0.25, 0.3) is 0 Å². The van der Waals surface area contributed by atoms with E-state index in [4.69, 9.17) is 4.74 Å². The highest BCUT2D eigenvalue weighted by Crippen LogP contribution is 2.17. The van der Waals surface area contributed by atoms with E-state index in [0.717, 1.165) is 5.56 Å². The molecule has 0 aromatic heterocycles. The number of benzene rings is 1. The molecule has 2 N–H and O–H groups in total. The van der Waals surface area contributed by atoms with E-state index in [0.29, 0.717) is 5.75 Å². The number of aliphatic hydroxyl groups excluding tert-OH is 1. The smallest absolute Gasteiger partial charge is 0.336 e. The Morgan fingerprint density at radius 1 is 1.32 bits per heavy atom. The van der Waals surface area contributed by atoms with Gasteiger partial charge in [-0.05, 0) is 6.07 Å². The number of para-hydroxylation sites is 1. The van der Waals surface area contributed by atoms with Crippen molar-refractivity contribution in [1.29, 1.82) is 0 Å². The molecule has 1 aromatic rings. The lowest BCUT2D eigenvalue weighted by Gasteiger charge is -2.11. The second-order valence-electron chi connectivity index (χ2n) is 3.83. The van der Waals surface area contributed by atoms with E-state index in [1.807, 2.05) is 0 Å². The Morgan fingerprint density at radius 2 is 2.00 bits per heavy atom. The Kier molecular flexibility index (Phi) is 5.81. The van der Waals surface area contributed by atoms with Crippen molar-refractivity contribution in [2.45, 2.75) is 12.5 Å². The fourth-order valence-electron chi connectivity index (χ4n) is 1.51. The number of aliphatic hydroxyl groups is 1. The molecule has 0 spiro atoms. The Bertz CT molecular complexity index is 446. The summed E-state index contributed by atoms with van der Waals surface area (Å²) in [5.74, 6) is -0.476. The normalized spacial score (nSPS) is 11.5. The molecule has 0 heterocycles. The first kappa shape index (κ1) is 15.0. The van der Waals surface area contributed by atoms with Crippen LogP contribution in [-0.2, 0) is 20.7 Å². The zero-order valence-corrected chi connectivity index (χ0v) is 10.9. The molecule has 0 saturated carbocycles. The van der Waals surface area contributed by atoms with Crippen molar-refractivity contribution in [3.63, 3.8) is 0 Å². The predicted octanol–water partition coefficient (Wildman–Crippen LogP) is -0.112. The van der Waals surface area contributed by atoms with E-state index in [1.165, 1.54) is 14.2 Å². The molecule has 104 valence electrons. The standard InChI is InChI=1S/C13H17NO5/c1-18-11-6-4-3-5-9(11)7-12(16)14-8-10(15)13(17)19-2/h3-6,10,15H,7-8H2,1-2H3,(H,14,16). The summed E-state index contributed by atoms with van der Waals surface area (Å²) in [6.45, 7) is -0.180. The Morgan fingerprint density at radius 3 is 2.63 bits per heavy atom. The van der Waals surface area contributed by atoms with Crippen LogP contribution in [0.15, 0.2) is 24.3 Å². The maximum Gasteiger partial charge on any atom is 0.336 e. The van der Waals surface area contributed by atoms with Gasteiger partial charge in [0.15, 0.2) is 6.10 Å². The van der Waals surface area contributed by atoms with E-state index >= 15 is 0 Å². The predicted molar refractivity (Wildman–Crippen MR) is 67.7 cm³/mol. The number of nitrogens with one attached hydrogen (secondary N) is 1. The number of rotatable bonds is 6. The number of hydrogen-bond donors (Lipinski definition) is 2. The second-order valence-corrected chi connectivity index (χ2v) is 3.83. The van der Waals surface area contributed by atoms with Gasteiger partial charge < -0.3 is 19.9 Å². The molecule has 1 aromatic carbocycles. The van der Waals surface area contributed by atoms with Gasteiger partial charge in [0.1, 0.15) is 5.75 Å². The van der Waals surface area contributed by atoms with Crippen LogP contribution in [0.5, 0.6) is 5.75 Å². The van der Waals surface area contributed by atoms with E-state index in [1.54, 1.807) is 24.3 Å². The van der Waals surface area contributed by atoms with Gasteiger partial charge in [0, 0.05) is 5.56 Å². The molecule has 0 bridgehead atoms. The Labute approximate surface area is 111 Å². The lowest BCUT2D eigenvalue weighted by molar-refractivity contribution is -0.150. The molecule has 1 unspecified atom stereocenters. The SMILES string of the molecule is COC(=O)C(O)CNC(=O)Cc1ccccc1OC. The van der Waals surface area contributed by atoms with E-state index in [9.17, 15) is 14.7 Å². The molecule has 0 aliphatic rings. The summed E-state index contributed by atoms with van der Waals surface area (Å²) in [7, 11) is 2.69. The van der Waals surface area contributed by atoms with Crippen molar-refractivity contribution in [2.75, 3.05) is 20.8 Å². The molecule has 0 fully saturated rings. The summed E-state index contributed by atoms with van der Waals surface area (Å²) in [6, 6.07) is 7.14. The maximum absolute atomic E-state index is 11.7. The quantitative estimate of drug-likeness (QED) is 0.702. The largest absolute Gasteiger partial charge is 0.496 e. The number of carbonyl (C=O) groups excluding carboxylic acids is 2. The van der Waals surface area contributed by atoms with Gasteiger partial charge in [0.2, 0.25) is 5.91 Å². The van der Waals surface area contributed by atoms with Crippen molar-refractivity contribution >= 4 is 11.9 Å². The second kappa shape index (κ2) is 7.38. The summed E-state index contributed by atoms with van der Waals surface area (Å²) < 4.78 is 9.46. The monoisotopic (exact) mass is 267 g/mol. The zero-order chi connectivity index (χ0) is 14.3. The van der Waals surface area contributed by atoms with Crippen LogP contribution in [0.4, 0.5) is 0 Å². The van der Waals surface area contributed by atoms with Gasteiger partial charge in [0.05, 0.1) is 27.2 Å².